The molecule has 1 heterocycles. The van der Waals surface area contributed by atoms with Crippen molar-refractivity contribution in [3.8, 4) is 0 Å². The average molecular weight is 341 g/mol. The van der Waals surface area contributed by atoms with Gasteiger partial charge in [0.25, 0.3) is 0 Å². The summed E-state index contributed by atoms with van der Waals surface area (Å²) in [5, 5.41) is 9.94. The molecule has 1 N–H and O–H groups in total. The lowest BCUT2D eigenvalue weighted by Gasteiger charge is -2.38. The molecule has 20 heavy (non-hydrogen) atoms. The van der Waals surface area contributed by atoms with Crippen molar-refractivity contribution in [1.82, 2.24) is 4.90 Å². The first-order valence-electron chi connectivity index (χ1n) is 7.42. The molecule has 1 atom stereocenters. The Morgan fingerprint density at radius 1 is 1.15 bits per heavy atom. The molecule has 1 aromatic carbocycles. The topological polar surface area (TPSA) is 26.7 Å². The van der Waals surface area contributed by atoms with E-state index in [4.69, 9.17) is 0 Å². The van der Waals surface area contributed by atoms with Crippen molar-refractivity contribution in [2.45, 2.75) is 26.9 Å². The Bertz CT molecular complexity index is 440. The third-order valence-electron chi connectivity index (χ3n) is 3.78. The van der Waals surface area contributed by atoms with Crippen LogP contribution in [0.3, 0.4) is 0 Å². The standard InChI is InChI=1S/C16H25BrN2O/c1-12(2)11-18-6-8-19(9-7-18)16-10-14(17)4-5-15(16)13(3)20/h4-5,10,12-13,20H,6-9,11H2,1-3H3. The Kier molecular flexibility index (Phi) is 5.47. The van der Waals surface area contributed by atoms with Crippen LogP contribution in [-0.2, 0) is 0 Å². The smallest absolute Gasteiger partial charge is 0.0782 e. The Balaban J connectivity index is 2.08. The molecule has 1 unspecified atom stereocenters. The highest BCUT2D eigenvalue weighted by molar-refractivity contribution is 9.10. The van der Waals surface area contributed by atoms with E-state index in [9.17, 15) is 5.11 Å². The second-order valence-corrected chi connectivity index (χ2v) is 6.98. The predicted octanol–water partition coefficient (Wildman–Crippen LogP) is 3.28. The van der Waals surface area contributed by atoms with Gasteiger partial charge in [0.2, 0.25) is 0 Å². The number of benzene rings is 1. The summed E-state index contributed by atoms with van der Waals surface area (Å²) in [5.74, 6) is 0.723. The molecular formula is C16H25BrN2O. The van der Waals surface area contributed by atoms with Crippen LogP contribution in [0.2, 0.25) is 0 Å². The van der Waals surface area contributed by atoms with Gasteiger partial charge in [-0.3, -0.25) is 4.90 Å². The third kappa shape index (κ3) is 3.96. The van der Waals surface area contributed by atoms with E-state index < -0.39 is 6.10 Å². The first-order chi connectivity index (χ1) is 9.47. The fourth-order valence-corrected chi connectivity index (χ4v) is 3.18. The maximum atomic E-state index is 9.94. The van der Waals surface area contributed by atoms with Crippen LogP contribution >= 0.6 is 15.9 Å². The second-order valence-electron chi connectivity index (χ2n) is 6.06. The Hall–Kier alpha value is -0.580. The van der Waals surface area contributed by atoms with E-state index in [1.54, 1.807) is 0 Å². The molecule has 0 spiro atoms. The van der Waals surface area contributed by atoms with E-state index >= 15 is 0 Å². The van der Waals surface area contributed by atoms with Crippen molar-refractivity contribution >= 4 is 21.6 Å². The Morgan fingerprint density at radius 2 is 1.80 bits per heavy atom. The van der Waals surface area contributed by atoms with Gasteiger partial charge in [-0.1, -0.05) is 35.8 Å². The van der Waals surface area contributed by atoms with Gasteiger partial charge >= 0.3 is 0 Å². The van der Waals surface area contributed by atoms with Crippen LogP contribution in [0.5, 0.6) is 0 Å². The lowest BCUT2D eigenvalue weighted by Crippen LogP contribution is -2.47. The van der Waals surface area contributed by atoms with Crippen LogP contribution in [0, 0.1) is 5.92 Å². The average Bonchev–Trinajstić information content (AvgIpc) is 2.38. The molecule has 0 radical (unpaired) electrons. The van der Waals surface area contributed by atoms with Crippen LogP contribution in [0.1, 0.15) is 32.4 Å². The highest BCUT2D eigenvalue weighted by Crippen LogP contribution is 2.30. The van der Waals surface area contributed by atoms with Gasteiger partial charge in [-0.2, -0.15) is 0 Å². The van der Waals surface area contributed by atoms with Gasteiger partial charge < -0.3 is 10.0 Å². The minimum absolute atomic E-state index is 0.424. The number of nitrogens with zero attached hydrogens (tertiary/aromatic N) is 2. The van der Waals surface area contributed by atoms with E-state index in [0.717, 1.165) is 42.1 Å². The van der Waals surface area contributed by atoms with Gasteiger partial charge in [-0.05, 0) is 25.0 Å². The van der Waals surface area contributed by atoms with Crippen LogP contribution in [0.15, 0.2) is 22.7 Å². The number of anilines is 1. The van der Waals surface area contributed by atoms with Crippen LogP contribution < -0.4 is 4.90 Å². The first kappa shape index (κ1) is 15.8. The number of hydrogen-bond donors (Lipinski definition) is 1. The summed E-state index contributed by atoms with van der Waals surface area (Å²) in [6.45, 7) is 11.8. The zero-order valence-corrected chi connectivity index (χ0v) is 14.2. The van der Waals surface area contributed by atoms with Crippen molar-refractivity contribution in [3.63, 3.8) is 0 Å². The van der Waals surface area contributed by atoms with Gasteiger partial charge in [-0.15, -0.1) is 0 Å². The highest BCUT2D eigenvalue weighted by atomic mass is 79.9. The summed E-state index contributed by atoms with van der Waals surface area (Å²) in [6.07, 6.45) is -0.424. The molecule has 1 aliphatic heterocycles. The molecule has 1 saturated heterocycles. The summed E-state index contributed by atoms with van der Waals surface area (Å²) < 4.78 is 1.07. The number of halogens is 1. The lowest BCUT2D eigenvalue weighted by molar-refractivity contribution is 0.198. The van der Waals surface area contributed by atoms with Crippen molar-refractivity contribution in [2.24, 2.45) is 5.92 Å². The van der Waals surface area contributed by atoms with Gasteiger partial charge in [-0.25, -0.2) is 0 Å². The molecule has 0 bridgehead atoms. The predicted molar refractivity (Wildman–Crippen MR) is 88.3 cm³/mol. The molecule has 2 rings (SSSR count). The molecule has 112 valence electrons. The van der Waals surface area contributed by atoms with Crippen molar-refractivity contribution in [1.29, 1.82) is 0 Å². The summed E-state index contributed by atoms with van der Waals surface area (Å²) in [7, 11) is 0. The van der Waals surface area contributed by atoms with E-state index in [-0.39, 0.29) is 0 Å². The van der Waals surface area contributed by atoms with Crippen LogP contribution in [-0.4, -0.2) is 42.7 Å². The number of piperazine rings is 1. The SMILES string of the molecule is CC(C)CN1CCN(c2cc(Br)ccc2C(C)O)CC1. The van der Waals surface area contributed by atoms with Crippen molar-refractivity contribution in [2.75, 3.05) is 37.6 Å². The molecule has 1 aromatic rings. The van der Waals surface area contributed by atoms with E-state index in [0.29, 0.717) is 0 Å². The molecule has 0 aromatic heterocycles. The van der Waals surface area contributed by atoms with E-state index in [1.807, 2.05) is 19.1 Å². The zero-order valence-electron chi connectivity index (χ0n) is 12.6. The zero-order chi connectivity index (χ0) is 14.7. The summed E-state index contributed by atoms with van der Waals surface area (Å²) in [6, 6.07) is 6.14. The molecule has 4 heteroatoms. The fourth-order valence-electron chi connectivity index (χ4n) is 2.83. The molecule has 3 nitrogen and oxygen atoms in total. The summed E-state index contributed by atoms with van der Waals surface area (Å²) in [4.78, 5) is 4.92. The van der Waals surface area contributed by atoms with Crippen molar-refractivity contribution < 1.29 is 5.11 Å². The fraction of sp³-hybridized carbons (Fsp3) is 0.625. The lowest BCUT2D eigenvalue weighted by atomic mass is 10.1. The highest BCUT2D eigenvalue weighted by Gasteiger charge is 2.21. The molecule has 0 amide bonds. The van der Waals surface area contributed by atoms with Crippen LogP contribution in [0.4, 0.5) is 5.69 Å². The van der Waals surface area contributed by atoms with Gasteiger partial charge in [0.05, 0.1) is 6.10 Å². The number of aliphatic hydroxyl groups excluding tert-OH is 1. The molecule has 1 fully saturated rings. The van der Waals surface area contributed by atoms with E-state index in [2.05, 4.69) is 45.6 Å². The van der Waals surface area contributed by atoms with Crippen molar-refractivity contribution in [3.05, 3.63) is 28.2 Å². The van der Waals surface area contributed by atoms with Gasteiger partial charge in [0.1, 0.15) is 0 Å². The monoisotopic (exact) mass is 340 g/mol. The Morgan fingerprint density at radius 3 is 2.35 bits per heavy atom. The maximum absolute atomic E-state index is 9.94. The molecule has 1 aliphatic rings. The quantitative estimate of drug-likeness (QED) is 0.911. The Labute approximate surface area is 130 Å². The summed E-state index contributed by atoms with van der Waals surface area (Å²) in [5.41, 5.74) is 2.18. The van der Waals surface area contributed by atoms with E-state index in [1.165, 1.54) is 12.2 Å². The molecule has 0 saturated carbocycles. The summed E-state index contributed by atoms with van der Waals surface area (Å²) >= 11 is 3.54. The van der Waals surface area contributed by atoms with Crippen LogP contribution in [0.25, 0.3) is 0 Å². The second kappa shape index (κ2) is 6.92. The minimum atomic E-state index is -0.424. The normalized spacial score (nSPS) is 18.6. The number of aliphatic hydroxyl groups is 1. The third-order valence-corrected chi connectivity index (χ3v) is 4.27. The molecule has 0 aliphatic carbocycles. The number of hydrogen-bond acceptors (Lipinski definition) is 3. The molecular weight excluding hydrogens is 316 g/mol. The maximum Gasteiger partial charge on any atom is 0.0782 e. The minimum Gasteiger partial charge on any atom is -0.389 e. The van der Waals surface area contributed by atoms with Gasteiger partial charge in [0.15, 0.2) is 0 Å². The number of rotatable bonds is 4. The van der Waals surface area contributed by atoms with Gasteiger partial charge in [0, 0.05) is 48.4 Å². The first-order valence-corrected chi connectivity index (χ1v) is 8.21. The largest absolute Gasteiger partial charge is 0.389 e.